The van der Waals surface area contributed by atoms with Gasteiger partial charge in [0.15, 0.2) is 0 Å². The van der Waals surface area contributed by atoms with Crippen molar-refractivity contribution in [1.29, 1.82) is 0 Å². The molecule has 0 aromatic heterocycles. The number of hydrogen-bond donors (Lipinski definition) is 0. The van der Waals surface area contributed by atoms with E-state index >= 15 is 0 Å². The first-order valence-corrected chi connectivity index (χ1v) is 9.83. The molecule has 138 valence electrons. The van der Waals surface area contributed by atoms with Crippen LogP contribution in [-0.4, -0.2) is 18.5 Å². The van der Waals surface area contributed by atoms with Crippen LogP contribution in [-0.2, 0) is 14.5 Å². The maximum Gasteiger partial charge on any atom is 0.201 e. The van der Waals surface area contributed by atoms with E-state index in [2.05, 4.69) is 61.2 Å². The Kier molecular flexibility index (Phi) is 4.24. The molecule has 3 nitrogen and oxygen atoms in total. The second-order valence-electron chi connectivity index (χ2n) is 7.70. The van der Waals surface area contributed by atoms with Gasteiger partial charge in [0.1, 0.15) is 6.10 Å². The average Bonchev–Trinajstić information content (AvgIpc) is 2.74. The predicted molar refractivity (Wildman–Crippen MR) is 108 cm³/mol. The minimum Gasteiger partial charge on any atom is -0.344 e. The van der Waals surface area contributed by atoms with Gasteiger partial charge in [-0.3, -0.25) is 0 Å². The molecule has 0 bridgehead atoms. The van der Waals surface area contributed by atoms with Crippen LogP contribution in [0.4, 0.5) is 0 Å². The lowest BCUT2D eigenvalue weighted by atomic mass is 9.93. The van der Waals surface area contributed by atoms with Crippen LogP contribution in [0.5, 0.6) is 0 Å². The highest BCUT2D eigenvalue weighted by atomic mass is 17.2. The van der Waals surface area contributed by atoms with Gasteiger partial charge in [0, 0.05) is 12.8 Å². The summed E-state index contributed by atoms with van der Waals surface area (Å²) < 4.78 is 6.10. The van der Waals surface area contributed by atoms with E-state index in [0.717, 1.165) is 36.8 Å². The molecule has 1 spiro atoms. The van der Waals surface area contributed by atoms with Crippen LogP contribution in [0.15, 0.2) is 61.2 Å². The molecule has 1 saturated heterocycles. The summed E-state index contributed by atoms with van der Waals surface area (Å²) in [4.78, 5) is 11.5. The van der Waals surface area contributed by atoms with Gasteiger partial charge in [0.25, 0.3) is 0 Å². The normalized spacial score (nSPS) is 22.3. The maximum atomic E-state index is 6.10. The Hall–Kier alpha value is -2.20. The standard InChI is InChI=1S/C24H24O3/c1-17(23-16-25-24(27-26-23)13-5-2-6-14-24)19-11-12-22-20(15-19)10-9-18-7-3-4-8-21(18)22/h3-4,7-12,15,23H,1-2,5-6,13-14,16H2. The molecule has 1 heterocycles. The topological polar surface area (TPSA) is 27.7 Å². The lowest BCUT2D eigenvalue weighted by Crippen LogP contribution is -2.46. The summed E-state index contributed by atoms with van der Waals surface area (Å²) >= 11 is 0. The zero-order valence-electron chi connectivity index (χ0n) is 15.4. The molecule has 2 aliphatic rings. The molecule has 2 fully saturated rings. The van der Waals surface area contributed by atoms with Crippen molar-refractivity contribution < 1.29 is 14.5 Å². The largest absolute Gasteiger partial charge is 0.344 e. The molecular weight excluding hydrogens is 336 g/mol. The van der Waals surface area contributed by atoms with Crippen molar-refractivity contribution in [2.45, 2.75) is 44.0 Å². The van der Waals surface area contributed by atoms with Gasteiger partial charge < -0.3 is 4.74 Å². The van der Waals surface area contributed by atoms with E-state index in [1.165, 1.54) is 28.0 Å². The molecule has 3 heteroatoms. The third-order valence-electron chi connectivity index (χ3n) is 5.93. The molecule has 0 radical (unpaired) electrons. The first-order valence-electron chi connectivity index (χ1n) is 9.83. The monoisotopic (exact) mass is 360 g/mol. The molecule has 5 rings (SSSR count). The van der Waals surface area contributed by atoms with Crippen molar-refractivity contribution in [3.8, 4) is 0 Å². The zero-order chi connectivity index (χ0) is 18.3. The van der Waals surface area contributed by atoms with Gasteiger partial charge in [-0.25, -0.2) is 9.78 Å². The molecule has 0 amide bonds. The Morgan fingerprint density at radius 1 is 0.889 bits per heavy atom. The van der Waals surface area contributed by atoms with Gasteiger partial charge in [-0.05, 0) is 51.6 Å². The summed E-state index contributed by atoms with van der Waals surface area (Å²) in [6.45, 7) is 4.76. The van der Waals surface area contributed by atoms with Gasteiger partial charge in [0.05, 0.1) is 6.61 Å². The van der Waals surface area contributed by atoms with Crippen LogP contribution in [0, 0.1) is 0 Å². The smallest absolute Gasteiger partial charge is 0.201 e. The fourth-order valence-electron chi connectivity index (χ4n) is 4.30. The second-order valence-corrected chi connectivity index (χ2v) is 7.70. The first-order chi connectivity index (χ1) is 13.2. The van der Waals surface area contributed by atoms with E-state index < -0.39 is 5.79 Å². The van der Waals surface area contributed by atoms with Gasteiger partial charge in [0.2, 0.25) is 5.79 Å². The van der Waals surface area contributed by atoms with Gasteiger partial charge >= 0.3 is 0 Å². The predicted octanol–water partition coefficient (Wildman–Crippen LogP) is 6.01. The third kappa shape index (κ3) is 3.06. The molecule has 3 aromatic carbocycles. The Balaban J connectivity index is 1.39. The summed E-state index contributed by atoms with van der Waals surface area (Å²) in [5, 5.41) is 4.98. The van der Waals surface area contributed by atoms with Crippen LogP contribution >= 0.6 is 0 Å². The molecule has 1 aliphatic heterocycles. The molecule has 1 saturated carbocycles. The van der Waals surface area contributed by atoms with Gasteiger partial charge in [-0.15, -0.1) is 0 Å². The van der Waals surface area contributed by atoms with Crippen LogP contribution in [0.25, 0.3) is 27.1 Å². The van der Waals surface area contributed by atoms with Crippen LogP contribution in [0.1, 0.15) is 37.7 Å². The summed E-state index contributed by atoms with van der Waals surface area (Å²) in [5.41, 5.74) is 1.96. The van der Waals surface area contributed by atoms with E-state index in [0.29, 0.717) is 6.61 Å². The van der Waals surface area contributed by atoms with Crippen LogP contribution < -0.4 is 0 Å². The van der Waals surface area contributed by atoms with Crippen LogP contribution in [0.2, 0.25) is 0 Å². The summed E-state index contributed by atoms with van der Waals surface area (Å²) in [5.74, 6) is -0.530. The molecule has 1 unspecified atom stereocenters. The second kappa shape index (κ2) is 6.75. The fraction of sp³-hybridized carbons (Fsp3) is 0.333. The summed E-state index contributed by atoms with van der Waals surface area (Å²) in [6.07, 6.45) is 5.07. The van der Waals surface area contributed by atoms with E-state index in [4.69, 9.17) is 14.5 Å². The number of benzene rings is 3. The highest BCUT2D eigenvalue weighted by Crippen LogP contribution is 2.38. The number of ether oxygens (including phenoxy) is 1. The number of rotatable bonds is 2. The summed E-state index contributed by atoms with van der Waals surface area (Å²) in [6, 6.07) is 19.3. The zero-order valence-corrected chi connectivity index (χ0v) is 15.4. The maximum absolute atomic E-state index is 6.10. The molecule has 0 N–H and O–H groups in total. The lowest BCUT2D eigenvalue weighted by molar-refractivity contribution is -0.483. The molecule has 1 aliphatic carbocycles. The minimum absolute atomic E-state index is 0.268. The minimum atomic E-state index is -0.530. The SMILES string of the molecule is C=C(c1ccc2c(ccc3ccccc32)c1)C1COC2(CCCCC2)OO1. The lowest BCUT2D eigenvalue weighted by Gasteiger charge is -2.41. The third-order valence-corrected chi connectivity index (χ3v) is 5.93. The average molecular weight is 360 g/mol. The quantitative estimate of drug-likeness (QED) is 0.413. The van der Waals surface area contributed by atoms with Gasteiger partial charge in [-0.1, -0.05) is 61.5 Å². The highest BCUT2D eigenvalue weighted by molar-refractivity contribution is 6.08. The molecular formula is C24H24O3. The number of fused-ring (bicyclic) bond motifs is 3. The highest BCUT2D eigenvalue weighted by Gasteiger charge is 2.41. The fourth-order valence-corrected chi connectivity index (χ4v) is 4.30. The van der Waals surface area contributed by atoms with Crippen molar-refractivity contribution in [2.75, 3.05) is 6.61 Å². The Morgan fingerprint density at radius 2 is 1.67 bits per heavy atom. The summed E-state index contributed by atoms with van der Waals surface area (Å²) in [7, 11) is 0. The van der Waals surface area contributed by atoms with Crippen molar-refractivity contribution in [2.24, 2.45) is 0 Å². The van der Waals surface area contributed by atoms with Crippen molar-refractivity contribution in [1.82, 2.24) is 0 Å². The molecule has 3 aromatic rings. The van der Waals surface area contributed by atoms with E-state index in [1.807, 2.05) is 0 Å². The van der Waals surface area contributed by atoms with Crippen molar-refractivity contribution in [3.63, 3.8) is 0 Å². The molecule has 1 atom stereocenters. The Labute approximate surface area is 159 Å². The van der Waals surface area contributed by atoms with Crippen LogP contribution in [0.3, 0.4) is 0 Å². The van der Waals surface area contributed by atoms with Crippen molar-refractivity contribution >= 4 is 27.1 Å². The first kappa shape index (κ1) is 16.9. The Morgan fingerprint density at radius 3 is 2.48 bits per heavy atom. The van der Waals surface area contributed by atoms with Crippen molar-refractivity contribution in [3.05, 3.63) is 66.7 Å². The molecule has 27 heavy (non-hydrogen) atoms. The van der Waals surface area contributed by atoms with E-state index in [-0.39, 0.29) is 6.10 Å². The van der Waals surface area contributed by atoms with Gasteiger partial charge in [-0.2, -0.15) is 0 Å². The van der Waals surface area contributed by atoms with E-state index in [1.54, 1.807) is 0 Å². The Bertz CT molecular complexity index is 991. The van der Waals surface area contributed by atoms with E-state index in [9.17, 15) is 0 Å². The number of hydrogen-bond acceptors (Lipinski definition) is 3.